The lowest BCUT2D eigenvalue weighted by atomic mass is 10.1. The Bertz CT molecular complexity index is 1230. The van der Waals surface area contributed by atoms with Crippen LogP contribution in [-0.4, -0.2) is 33.3 Å². The zero-order chi connectivity index (χ0) is 23.3. The maximum Gasteiger partial charge on any atom is 0.269 e. The molecule has 32 heavy (non-hydrogen) atoms. The molecule has 1 amide bonds. The van der Waals surface area contributed by atoms with Gasteiger partial charge in [-0.25, -0.2) is 8.42 Å². The molecule has 10 heteroatoms. The number of hydrogen-bond acceptors (Lipinski definition) is 6. The predicted octanol–water partition coefficient (Wildman–Crippen LogP) is 3.39. The maximum atomic E-state index is 12.9. The highest BCUT2D eigenvalue weighted by Crippen LogP contribution is 2.25. The van der Waals surface area contributed by atoms with E-state index in [4.69, 9.17) is 0 Å². The van der Waals surface area contributed by atoms with Crippen LogP contribution in [-0.2, 0) is 16.6 Å². The number of sulfonamides is 1. The van der Waals surface area contributed by atoms with E-state index in [0.717, 1.165) is 29.8 Å². The number of anilines is 2. The van der Waals surface area contributed by atoms with E-state index < -0.39 is 14.9 Å². The molecular formula is C22H22N4O5S. The van der Waals surface area contributed by atoms with Crippen molar-refractivity contribution in [2.45, 2.75) is 11.4 Å². The fraction of sp³-hybridized carbons (Fsp3) is 0.136. The molecule has 0 aliphatic heterocycles. The van der Waals surface area contributed by atoms with Crippen molar-refractivity contribution in [3.8, 4) is 0 Å². The lowest BCUT2D eigenvalue weighted by Gasteiger charge is -2.19. The van der Waals surface area contributed by atoms with Crippen molar-refractivity contribution in [2.24, 2.45) is 0 Å². The van der Waals surface area contributed by atoms with Crippen molar-refractivity contribution < 1.29 is 18.1 Å². The van der Waals surface area contributed by atoms with E-state index in [0.29, 0.717) is 17.8 Å². The first-order valence-electron chi connectivity index (χ1n) is 9.58. The van der Waals surface area contributed by atoms with Crippen LogP contribution in [0.5, 0.6) is 0 Å². The Labute approximate surface area is 185 Å². The van der Waals surface area contributed by atoms with Crippen molar-refractivity contribution >= 4 is 33.0 Å². The van der Waals surface area contributed by atoms with Crippen LogP contribution in [0.4, 0.5) is 17.1 Å². The van der Waals surface area contributed by atoms with E-state index in [-0.39, 0.29) is 22.2 Å². The molecule has 3 aromatic rings. The van der Waals surface area contributed by atoms with Gasteiger partial charge in [0.2, 0.25) is 0 Å². The number of benzene rings is 3. The molecule has 0 saturated heterocycles. The standard InChI is InChI=1S/C22H22N4O5S/c1-25(2)21-13-8-17(14-20(21)22(27)23-15-16-6-4-3-5-7-16)24-32(30,31)19-11-9-18(10-12-19)26(28)29/h3-14,24H,15H2,1-2H3,(H,23,27). The summed E-state index contributed by atoms with van der Waals surface area (Å²) in [6, 6.07) is 18.6. The van der Waals surface area contributed by atoms with Gasteiger partial charge in [-0.15, -0.1) is 0 Å². The van der Waals surface area contributed by atoms with Crippen molar-refractivity contribution in [1.82, 2.24) is 5.32 Å². The molecule has 2 N–H and O–H groups in total. The largest absolute Gasteiger partial charge is 0.377 e. The number of nitro benzene ring substituents is 1. The van der Waals surface area contributed by atoms with E-state index in [1.807, 2.05) is 30.3 Å². The van der Waals surface area contributed by atoms with Crippen LogP contribution in [0.25, 0.3) is 0 Å². The summed E-state index contributed by atoms with van der Waals surface area (Å²) in [5, 5.41) is 13.6. The Hall–Kier alpha value is -3.92. The van der Waals surface area contributed by atoms with Gasteiger partial charge in [0.25, 0.3) is 21.6 Å². The number of carbonyl (C=O) groups is 1. The van der Waals surface area contributed by atoms with Crippen molar-refractivity contribution in [1.29, 1.82) is 0 Å². The second-order valence-electron chi connectivity index (χ2n) is 7.15. The number of rotatable bonds is 8. The Morgan fingerprint density at radius 1 is 1.00 bits per heavy atom. The topological polar surface area (TPSA) is 122 Å². The summed E-state index contributed by atoms with van der Waals surface area (Å²) in [6.45, 7) is 0.325. The first-order valence-corrected chi connectivity index (χ1v) is 11.1. The van der Waals surface area contributed by atoms with Crippen molar-refractivity contribution in [3.63, 3.8) is 0 Å². The number of nitrogens with zero attached hydrogens (tertiary/aromatic N) is 2. The lowest BCUT2D eigenvalue weighted by molar-refractivity contribution is -0.384. The molecule has 0 aromatic heterocycles. The van der Waals surface area contributed by atoms with Crippen LogP contribution in [0.15, 0.2) is 77.7 Å². The van der Waals surface area contributed by atoms with Crippen LogP contribution >= 0.6 is 0 Å². The molecule has 9 nitrogen and oxygen atoms in total. The Kier molecular flexibility index (Phi) is 6.74. The van der Waals surface area contributed by atoms with Gasteiger partial charge < -0.3 is 10.2 Å². The Morgan fingerprint density at radius 3 is 2.25 bits per heavy atom. The van der Waals surface area contributed by atoms with E-state index in [1.165, 1.54) is 6.07 Å². The number of non-ortho nitro benzene ring substituents is 1. The third-order valence-corrected chi connectivity index (χ3v) is 6.03. The number of nitro groups is 1. The fourth-order valence-electron chi connectivity index (χ4n) is 3.01. The van der Waals surface area contributed by atoms with E-state index in [9.17, 15) is 23.3 Å². The van der Waals surface area contributed by atoms with E-state index in [2.05, 4.69) is 10.0 Å². The third kappa shape index (κ3) is 5.41. The molecule has 0 spiro atoms. The Balaban J connectivity index is 1.84. The molecule has 0 radical (unpaired) electrons. The molecule has 0 unspecified atom stereocenters. The predicted molar refractivity (Wildman–Crippen MR) is 122 cm³/mol. The molecule has 0 saturated carbocycles. The third-order valence-electron chi connectivity index (χ3n) is 4.63. The monoisotopic (exact) mass is 454 g/mol. The number of nitrogens with one attached hydrogen (secondary N) is 2. The molecular weight excluding hydrogens is 432 g/mol. The highest BCUT2D eigenvalue weighted by Gasteiger charge is 2.19. The average molecular weight is 455 g/mol. The van der Waals surface area contributed by atoms with Gasteiger partial charge in [-0.1, -0.05) is 30.3 Å². The highest BCUT2D eigenvalue weighted by atomic mass is 32.2. The average Bonchev–Trinajstić information content (AvgIpc) is 2.77. The SMILES string of the molecule is CN(C)c1ccc(NS(=O)(=O)c2ccc([N+](=O)[O-])cc2)cc1C(=O)NCc1ccccc1. The molecule has 0 atom stereocenters. The number of hydrogen-bond donors (Lipinski definition) is 2. The van der Waals surface area contributed by atoms with Crippen molar-refractivity contribution in [2.75, 3.05) is 23.7 Å². The zero-order valence-corrected chi connectivity index (χ0v) is 18.3. The summed E-state index contributed by atoms with van der Waals surface area (Å²) in [5.41, 5.74) is 1.83. The van der Waals surface area contributed by atoms with Gasteiger partial charge in [-0.05, 0) is 35.9 Å². The molecule has 3 rings (SSSR count). The zero-order valence-electron chi connectivity index (χ0n) is 17.5. The van der Waals surface area contributed by atoms with Crippen molar-refractivity contribution in [3.05, 3.63) is 94.0 Å². The number of carbonyl (C=O) groups excluding carboxylic acids is 1. The van der Waals surface area contributed by atoms with Crippen LogP contribution in [0.2, 0.25) is 0 Å². The van der Waals surface area contributed by atoms with Gasteiger partial charge in [0.05, 0.1) is 15.4 Å². The van der Waals surface area contributed by atoms with Gasteiger partial charge in [-0.2, -0.15) is 0 Å². The smallest absolute Gasteiger partial charge is 0.269 e. The minimum atomic E-state index is -4.00. The van der Waals surface area contributed by atoms with Gasteiger partial charge in [0, 0.05) is 44.1 Å². The summed E-state index contributed by atoms with van der Waals surface area (Å²) < 4.78 is 27.8. The van der Waals surface area contributed by atoms with Crippen LogP contribution in [0, 0.1) is 10.1 Å². The quantitative estimate of drug-likeness (QED) is 0.397. The summed E-state index contributed by atoms with van der Waals surface area (Å²) in [4.78, 5) is 24.7. The molecule has 3 aromatic carbocycles. The fourth-order valence-corrected chi connectivity index (χ4v) is 4.06. The first kappa shape index (κ1) is 22.8. The summed E-state index contributed by atoms with van der Waals surface area (Å²) in [5.74, 6) is -0.353. The first-order chi connectivity index (χ1) is 15.2. The molecule has 166 valence electrons. The van der Waals surface area contributed by atoms with E-state index >= 15 is 0 Å². The van der Waals surface area contributed by atoms with Gasteiger partial charge in [0.1, 0.15) is 0 Å². The molecule has 0 aliphatic carbocycles. The lowest BCUT2D eigenvalue weighted by Crippen LogP contribution is -2.25. The second kappa shape index (κ2) is 9.48. The van der Waals surface area contributed by atoms with Gasteiger partial charge in [-0.3, -0.25) is 19.6 Å². The van der Waals surface area contributed by atoms with Crippen LogP contribution in [0.3, 0.4) is 0 Å². The van der Waals surface area contributed by atoms with Gasteiger partial charge >= 0.3 is 0 Å². The highest BCUT2D eigenvalue weighted by molar-refractivity contribution is 7.92. The molecule has 0 aliphatic rings. The van der Waals surface area contributed by atoms with Gasteiger partial charge in [0.15, 0.2) is 0 Å². The summed E-state index contributed by atoms with van der Waals surface area (Å²) >= 11 is 0. The second-order valence-corrected chi connectivity index (χ2v) is 8.83. The summed E-state index contributed by atoms with van der Waals surface area (Å²) in [7, 11) is -0.441. The summed E-state index contributed by atoms with van der Waals surface area (Å²) in [6.07, 6.45) is 0. The minimum absolute atomic E-state index is 0.130. The molecule has 0 fully saturated rings. The number of amides is 1. The minimum Gasteiger partial charge on any atom is -0.377 e. The molecule has 0 bridgehead atoms. The van der Waals surface area contributed by atoms with Crippen LogP contribution < -0.4 is 14.9 Å². The Morgan fingerprint density at radius 2 is 1.66 bits per heavy atom. The van der Waals surface area contributed by atoms with E-state index in [1.54, 1.807) is 31.1 Å². The normalized spacial score (nSPS) is 10.9. The molecule has 0 heterocycles. The van der Waals surface area contributed by atoms with Crippen LogP contribution in [0.1, 0.15) is 15.9 Å². The maximum absolute atomic E-state index is 12.9.